The van der Waals surface area contributed by atoms with Gasteiger partial charge in [-0.05, 0) is 45.8 Å². The molecular weight excluding hydrogens is 393 g/mol. The van der Waals surface area contributed by atoms with Crippen molar-refractivity contribution in [2.24, 2.45) is 4.74 Å². The smallest absolute Gasteiger partial charge is 0.269 e. The first-order chi connectivity index (χ1) is 11.4. The summed E-state index contributed by atoms with van der Waals surface area (Å²) in [5, 5.41) is 19.8. The topological polar surface area (TPSA) is 107 Å². The van der Waals surface area contributed by atoms with Gasteiger partial charge in [-0.15, -0.1) is 5.10 Å². The van der Waals surface area contributed by atoms with Gasteiger partial charge in [-0.25, -0.2) is 4.74 Å². The van der Waals surface area contributed by atoms with Gasteiger partial charge in [0.2, 0.25) is 0 Å². The zero-order valence-corrected chi connectivity index (χ0v) is 15.2. The van der Waals surface area contributed by atoms with Gasteiger partial charge in [0.1, 0.15) is 0 Å². The first-order valence-electron chi connectivity index (χ1n) is 6.71. The quantitative estimate of drug-likeness (QED) is 0.284. The summed E-state index contributed by atoms with van der Waals surface area (Å²) in [7, 11) is 3.04. The number of aryl methyl sites for hydroxylation is 1. The van der Waals surface area contributed by atoms with Crippen molar-refractivity contribution in [2.75, 3.05) is 5.73 Å². The normalized spacial score (nSPS) is 9.92. The van der Waals surface area contributed by atoms with E-state index in [1.54, 1.807) is 12.3 Å². The Morgan fingerprint density at radius 1 is 1.29 bits per heavy atom. The van der Waals surface area contributed by atoms with Crippen LogP contribution >= 0.6 is 25.0 Å². The zero-order chi connectivity index (χ0) is 17.7. The molecule has 9 heteroatoms. The number of anilines is 1. The Bertz CT molecular complexity index is 920. The summed E-state index contributed by atoms with van der Waals surface area (Å²) in [4.78, 5) is 9.85. The van der Waals surface area contributed by atoms with Crippen LogP contribution in [-0.2, 0) is 0 Å². The Labute approximate surface area is 148 Å². The molecule has 0 amide bonds. The number of nitro benzene ring substituents is 1. The lowest BCUT2D eigenvalue weighted by atomic mass is 10.2. The van der Waals surface area contributed by atoms with E-state index in [-0.39, 0.29) is 5.69 Å². The van der Waals surface area contributed by atoms with Gasteiger partial charge in [0, 0.05) is 33.1 Å². The monoisotopic (exact) mass is 405 g/mol. The van der Waals surface area contributed by atoms with Gasteiger partial charge in [0.15, 0.2) is 5.82 Å². The van der Waals surface area contributed by atoms with E-state index in [2.05, 4.69) is 39.9 Å². The molecule has 3 rings (SSSR count). The average Bonchev–Trinajstić information content (AvgIpc) is 2.56. The molecule has 0 saturated heterocycles. The molecule has 122 valence electrons. The van der Waals surface area contributed by atoms with Crippen LogP contribution in [0.25, 0.3) is 10.8 Å². The fourth-order valence-corrected chi connectivity index (χ4v) is 2.33. The van der Waals surface area contributed by atoms with Crippen molar-refractivity contribution >= 4 is 52.9 Å². The second-order valence-electron chi connectivity index (χ2n) is 4.82. The van der Waals surface area contributed by atoms with E-state index in [0.717, 1.165) is 20.8 Å². The number of nitrogen functional groups attached to an aromatic ring is 1. The third-order valence-corrected chi connectivity index (χ3v) is 4.23. The Balaban J connectivity index is 0.000000177. The minimum Gasteiger partial charge on any atom is -0.399 e. The van der Waals surface area contributed by atoms with Gasteiger partial charge in [-0.3, -0.25) is 10.1 Å². The lowest BCUT2D eigenvalue weighted by molar-refractivity contribution is -0.384. The molecule has 0 spiro atoms. The molecular formula is C15H13BrN5O2P. The minimum atomic E-state index is -0.403. The van der Waals surface area contributed by atoms with Crippen LogP contribution in [-0.4, -0.2) is 15.1 Å². The number of benzene rings is 2. The molecule has 3 aromatic rings. The van der Waals surface area contributed by atoms with Gasteiger partial charge in [0.25, 0.3) is 5.69 Å². The number of aromatic nitrogens is 2. The van der Waals surface area contributed by atoms with Crippen LogP contribution in [0.5, 0.6) is 0 Å². The molecule has 1 aromatic heterocycles. The molecule has 0 radical (unpaired) electrons. The van der Waals surface area contributed by atoms with E-state index in [1.165, 1.54) is 12.1 Å². The summed E-state index contributed by atoms with van der Waals surface area (Å²) < 4.78 is 4.71. The SMILES string of the molecule is Cc1cc([N+](=O)[O-])ccc1Br.Nc1ccc2c(N=P)nncc2c1. The molecule has 0 aliphatic heterocycles. The number of non-ortho nitro benzene ring substituents is 1. The predicted molar refractivity (Wildman–Crippen MR) is 99.9 cm³/mol. The maximum absolute atomic E-state index is 10.3. The molecule has 0 unspecified atom stereocenters. The Kier molecular flexibility index (Phi) is 5.89. The molecule has 0 saturated carbocycles. The molecule has 0 aliphatic carbocycles. The van der Waals surface area contributed by atoms with Gasteiger partial charge in [0.05, 0.1) is 11.1 Å². The first-order valence-corrected chi connectivity index (χ1v) is 7.95. The maximum Gasteiger partial charge on any atom is 0.269 e. The fourth-order valence-electron chi connectivity index (χ4n) is 1.92. The van der Waals surface area contributed by atoms with Gasteiger partial charge < -0.3 is 5.73 Å². The van der Waals surface area contributed by atoms with Crippen molar-refractivity contribution in [3.8, 4) is 0 Å². The number of hydrogen-bond donors (Lipinski definition) is 1. The van der Waals surface area contributed by atoms with Crippen LogP contribution in [0, 0.1) is 17.0 Å². The number of nitrogens with two attached hydrogens (primary N) is 1. The number of hydrogen-bond acceptors (Lipinski definition) is 6. The molecule has 24 heavy (non-hydrogen) atoms. The average molecular weight is 406 g/mol. The van der Waals surface area contributed by atoms with E-state index in [4.69, 9.17) is 5.73 Å². The highest BCUT2D eigenvalue weighted by Crippen LogP contribution is 2.24. The molecule has 0 aliphatic rings. The van der Waals surface area contributed by atoms with Gasteiger partial charge in [-0.2, -0.15) is 5.10 Å². The van der Waals surface area contributed by atoms with E-state index >= 15 is 0 Å². The van der Waals surface area contributed by atoms with Crippen LogP contribution in [0.1, 0.15) is 5.56 Å². The van der Waals surface area contributed by atoms with E-state index in [9.17, 15) is 10.1 Å². The van der Waals surface area contributed by atoms with Crippen molar-refractivity contribution in [3.05, 3.63) is 62.7 Å². The van der Waals surface area contributed by atoms with Crippen molar-refractivity contribution in [1.29, 1.82) is 0 Å². The van der Waals surface area contributed by atoms with Gasteiger partial charge >= 0.3 is 0 Å². The Hall–Kier alpha value is -2.44. The Morgan fingerprint density at radius 2 is 2.04 bits per heavy atom. The van der Waals surface area contributed by atoms with Crippen molar-refractivity contribution < 1.29 is 4.92 Å². The molecule has 0 atom stereocenters. The molecule has 2 aromatic carbocycles. The van der Waals surface area contributed by atoms with E-state index in [1.807, 2.05) is 25.1 Å². The van der Waals surface area contributed by atoms with Crippen LogP contribution in [0.3, 0.4) is 0 Å². The Morgan fingerprint density at radius 3 is 2.67 bits per heavy atom. The van der Waals surface area contributed by atoms with Crippen LogP contribution in [0.4, 0.5) is 17.2 Å². The standard InChI is InChI=1S/C8H7N4P.C7H6BrNO2/c9-6-1-2-7-5(3-6)4-10-11-8(7)12-13;1-5-4-6(9(10)11)2-3-7(5)8/h1-4,13H,9H2;2-4H,1H3. The highest BCUT2D eigenvalue weighted by Gasteiger charge is 2.05. The second-order valence-corrected chi connectivity index (χ2v) is 5.90. The molecule has 0 bridgehead atoms. The van der Waals surface area contributed by atoms with Crippen LogP contribution in [0.2, 0.25) is 0 Å². The predicted octanol–water partition coefficient (Wildman–Crippen LogP) is 4.84. The zero-order valence-electron chi connectivity index (χ0n) is 12.6. The summed E-state index contributed by atoms with van der Waals surface area (Å²) in [6.07, 6.45) is 1.66. The van der Waals surface area contributed by atoms with Crippen molar-refractivity contribution in [2.45, 2.75) is 6.92 Å². The number of nitrogens with zero attached hydrogens (tertiary/aromatic N) is 4. The van der Waals surface area contributed by atoms with Gasteiger partial charge in [-0.1, -0.05) is 15.9 Å². The highest BCUT2D eigenvalue weighted by molar-refractivity contribution is 9.10. The number of nitro groups is 1. The van der Waals surface area contributed by atoms with E-state index < -0.39 is 4.92 Å². The maximum atomic E-state index is 10.3. The summed E-state index contributed by atoms with van der Waals surface area (Å²) in [5.41, 5.74) is 7.34. The molecule has 1 heterocycles. The minimum absolute atomic E-state index is 0.130. The first kappa shape index (κ1) is 17.9. The molecule has 0 fully saturated rings. The third-order valence-electron chi connectivity index (χ3n) is 3.12. The summed E-state index contributed by atoms with van der Waals surface area (Å²) >= 11 is 3.26. The number of fused-ring (bicyclic) bond motifs is 1. The number of rotatable bonds is 2. The lowest BCUT2D eigenvalue weighted by Crippen LogP contribution is -1.88. The van der Waals surface area contributed by atoms with Crippen LogP contribution in [0.15, 0.2) is 51.8 Å². The fraction of sp³-hybridized carbons (Fsp3) is 0.0667. The number of halogens is 1. The van der Waals surface area contributed by atoms with E-state index in [0.29, 0.717) is 11.5 Å². The third kappa shape index (κ3) is 4.31. The summed E-state index contributed by atoms with van der Waals surface area (Å²) in [6, 6.07) is 10.2. The molecule has 2 N–H and O–H groups in total. The largest absolute Gasteiger partial charge is 0.399 e. The second kappa shape index (κ2) is 7.90. The lowest BCUT2D eigenvalue weighted by Gasteiger charge is -1.99. The summed E-state index contributed by atoms with van der Waals surface area (Å²) in [5.74, 6) is 0.564. The van der Waals surface area contributed by atoms with Crippen molar-refractivity contribution in [1.82, 2.24) is 10.2 Å². The highest BCUT2D eigenvalue weighted by atomic mass is 79.9. The van der Waals surface area contributed by atoms with Crippen LogP contribution < -0.4 is 5.73 Å². The van der Waals surface area contributed by atoms with Crippen molar-refractivity contribution in [3.63, 3.8) is 0 Å². The molecule has 7 nitrogen and oxygen atoms in total. The summed E-state index contributed by atoms with van der Waals surface area (Å²) in [6.45, 7) is 1.82.